The Morgan fingerprint density at radius 2 is 2.00 bits per heavy atom. The Labute approximate surface area is 89.1 Å². The van der Waals surface area contributed by atoms with Gasteiger partial charge in [0.1, 0.15) is 0 Å². The van der Waals surface area contributed by atoms with Crippen molar-refractivity contribution in [1.82, 2.24) is 10.2 Å². The predicted molar refractivity (Wildman–Crippen MR) is 62.6 cm³/mol. The first-order chi connectivity index (χ1) is 6.46. The Balaban J connectivity index is 2.67. The summed E-state index contributed by atoms with van der Waals surface area (Å²) < 4.78 is 0. The Morgan fingerprint density at radius 1 is 1.36 bits per heavy atom. The Kier molecular flexibility index (Phi) is 3.96. The molecule has 1 aliphatic heterocycles. The second kappa shape index (κ2) is 4.63. The molecule has 1 aliphatic rings. The molecule has 84 valence electrons. The zero-order chi connectivity index (χ0) is 10.8. The fourth-order valence-electron chi connectivity index (χ4n) is 2.60. The molecule has 1 N–H and O–H groups in total. The molecule has 0 aromatic heterocycles. The predicted octanol–water partition coefficient (Wildman–Crippen LogP) is 2.10. The zero-order valence-electron chi connectivity index (χ0n) is 10.4. The van der Waals surface area contributed by atoms with Crippen LogP contribution in [0.5, 0.6) is 0 Å². The van der Waals surface area contributed by atoms with Crippen LogP contribution < -0.4 is 5.32 Å². The molecule has 0 amide bonds. The van der Waals surface area contributed by atoms with Gasteiger partial charge in [0.15, 0.2) is 0 Å². The van der Waals surface area contributed by atoms with E-state index in [0.717, 1.165) is 19.0 Å². The van der Waals surface area contributed by atoms with Crippen LogP contribution in [-0.4, -0.2) is 36.1 Å². The molecule has 0 saturated carbocycles. The van der Waals surface area contributed by atoms with Crippen LogP contribution >= 0.6 is 0 Å². The van der Waals surface area contributed by atoms with Gasteiger partial charge in [0, 0.05) is 18.1 Å². The van der Waals surface area contributed by atoms with E-state index in [9.17, 15) is 0 Å². The van der Waals surface area contributed by atoms with Gasteiger partial charge >= 0.3 is 0 Å². The van der Waals surface area contributed by atoms with E-state index in [4.69, 9.17) is 0 Å². The highest BCUT2D eigenvalue weighted by molar-refractivity contribution is 4.89. The van der Waals surface area contributed by atoms with Crippen molar-refractivity contribution in [3.63, 3.8) is 0 Å². The molecule has 0 aromatic rings. The van der Waals surface area contributed by atoms with Gasteiger partial charge in [0.05, 0.1) is 0 Å². The van der Waals surface area contributed by atoms with E-state index in [1.165, 1.54) is 13.0 Å². The molecule has 2 atom stereocenters. The molecule has 1 rings (SSSR count). The molecule has 1 fully saturated rings. The number of hydrogen-bond donors (Lipinski definition) is 1. The highest BCUT2D eigenvalue weighted by Crippen LogP contribution is 2.24. The third-order valence-corrected chi connectivity index (χ3v) is 3.39. The van der Waals surface area contributed by atoms with Crippen LogP contribution in [0, 0.1) is 5.92 Å². The molecule has 2 heteroatoms. The van der Waals surface area contributed by atoms with E-state index in [2.05, 4.69) is 44.8 Å². The van der Waals surface area contributed by atoms with Gasteiger partial charge in [-0.2, -0.15) is 0 Å². The highest BCUT2D eigenvalue weighted by atomic mass is 15.2. The second-order valence-corrected chi connectivity index (χ2v) is 5.49. The SMILES string of the molecule is CCN(C1CNCCC1C)C(C)(C)C. The number of piperidine rings is 1. The molecule has 0 aliphatic carbocycles. The molecule has 1 saturated heterocycles. The van der Waals surface area contributed by atoms with Crippen LogP contribution in [0.1, 0.15) is 41.0 Å². The fourth-order valence-corrected chi connectivity index (χ4v) is 2.60. The minimum atomic E-state index is 0.298. The summed E-state index contributed by atoms with van der Waals surface area (Å²) in [6.07, 6.45) is 1.32. The number of nitrogens with zero attached hydrogens (tertiary/aromatic N) is 1. The minimum Gasteiger partial charge on any atom is -0.315 e. The van der Waals surface area contributed by atoms with E-state index < -0.39 is 0 Å². The van der Waals surface area contributed by atoms with Gasteiger partial charge in [-0.3, -0.25) is 4.90 Å². The van der Waals surface area contributed by atoms with E-state index >= 15 is 0 Å². The van der Waals surface area contributed by atoms with Crippen LogP contribution in [-0.2, 0) is 0 Å². The average molecular weight is 198 g/mol. The minimum absolute atomic E-state index is 0.298. The third kappa shape index (κ3) is 2.71. The van der Waals surface area contributed by atoms with Crippen LogP contribution in [0.3, 0.4) is 0 Å². The Morgan fingerprint density at radius 3 is 2.43 bits per heavy atom. The van der Waals surface area contributed by atoms with Crippen molar-refractivity contribution in [3.8, 4) is 0 Å². The lowest BCUT2D eigenvalue weighted by Crippen LogP contribution is -2.56. The van der Waals surface area contributed by atoms with Crippen LogP contribution in [0.15, 0.2) is 0 Å². The van der Waals surface area contributed by atoms with Gasteiger partial charge in [0.25, 0.3) is 0 Å². The molecule has 2 nitrogen and oxygen atoms in total. The molecular formula is C12H26N2. The quantitative estimate of drug-likeness (QED) is 0.731. The standard InChI is InChI=1S/C12H26N2/c1-6-14(12(3,4)5)11-9-13-8-7-10(11)2/h10-11,13H,6-9H2,1-5H3. The summed E-state index contributed by atoms with van der Waals surface area (Å²) in [4.78, 5) is 2.63. The maximum absolute atomic E-state index is 3.51. The van der Waals surface area contributed by atoms with Gasteiger partial charge < -0.3 is 5.32 Å². The zero-order valence-corrected chi connectivity index (χ0v) is 10.4. The monoisotopic (exact) mass is 198 g/mol. The van der Waals surface area contributed by atoms with E-state index in [0.29, 0.717) is 11.6 Å². The number of nitrogens with one attached hydrogen (secondary N) is 1. The molecule has 14 heavy (non-hydrogen) atoms. The molecular weight excluding hydrogens is 172 g/mol. The maximum Gasteiger partial charge on any atom is 0.0251 e. The largest absolute Gasteiger partial charge is 0.315 e. The number of likely N-dealkylation sites (N-methyl/N-ethyl adjacent to an activating group) is 1. The smallest absolute Gasteiger partial charge is 0.0251 e. The number of hydrogen-bond acceptors (Lipinski definition) is 2. The summed E-state index contributed by atoms with van der Waals surface area (Å²) in [5.41, 5.74) is 0.298. The van der Waals surface area contributed by atoms with Crippen molar-refractivity contribution >= 4 is 0 Å². The lowest BCUT2D eigenvalue weighted by atomic mass is 9.90. The second-order valence-electron chi connectivity index (χ2n) is 5.49. The fraction of sp³-hybridized carbons (Fsp3) is 1.00. The molecule has 2 unspecified atom stereocenters. The first-order valence-corrected chi connectivity index (χ1v) is 5.94. The topological polar surface area (TPSA) is 15.3 Å². The van der Waals surface area contributed by atoms with Crippen LogP contribution in [0.25, 0.3) is 0 Å². The van der Waals surface area contributed by atoms with E-state index in [-0.39, 0.29) is 0 Å². The average Bonchev–Trinajstić information content (AvgIpc) is 2.07. The maximum atomic E-state index is 3.51. The summed E-state index contributed by atoms with van der Waals surface area (Å²) in [6.45, 7) is 15.1. The van der Waals surface area contributed by atoms with Crippen molar-refractivity contribution < 1.29 is 0 Å². The van der Waals surface area contributed by atoms with Crippen molar-refractivity contribution in [1.29, 1.82) is 0 Å². The molecule has 0 radical (unpaired) electrons. The Bertz CT molecular complexity index is 172. The van der Waals surface area contributed by atoms with Crippen molar-refractivity contribution in [2.24, 2.45) is 5.92 Å². The van der Waals surface area contributed by atoms with E-state index in [1.807, 2.05) is 0 Å². The van der Waals surface area contributed by atoms with Crippen molar-refractivity contribution in [3.05, 3.63) is 0 Å². The van der Waals surface area contributed by atoms with E-state index in [1.54, 1.807) is 0 Å². The Hall–Kier alpha value is -0.0800. The molecule has 0 spiro atoms. The lowest BCUT2D eigenvalue weighted by Gasteiger charge is -2.45. The van der Waals surface area contributed by atoms with Gasteiger partial charge in [-0.05, 0) is 46.2 Å². The van der Waals surface area contributed by atoms with Crippen LogP contribution in [0.4, 0.5) is 0 Å². The summed E-state index contributed by atoms with van der Waals surface area (Å²) in [5.74, 6) is 0.829. The van der Waals surface area contributed by atoms with Crippen molar-refractivity contribution in [2.45, 2.75) is 52.6 Å². The normalized spacial score (nSPS) is 29.6. The third-order valence-electron chi connectivity index (χ3n) is 3.39. The summed E-state index contributed by atoms with van der Waals surface area (Å²) in [6, 6.07) is 0.716. The molecule has 0 aromatic carbocycles. The molecule has 0 bridgehead atoms. The summed E-state index contributed by atoms with van der Waals surface area (Å²) >= 11 is 0. The van der Waals surface area contributed by atoms with Crippen LogP contribution in [0.2, 0.25) is 0 Å². The summed E-state index contributed by atoms with van der Waals surface area (Å²) in [7, 11) is 0. The first-order valence-electron chi connectivity index (χ1n) is 5.94. The van der Waals surface area contributed by atoms with Gasteiger partial charge in [-0.25, -0.2) is 0 Å². The number of rotatable bonds is 2. The molecule has 1 heterocycles. The van der Waals surface area contributed by atoms with Crippen molar-refractivity contribution in [2.75, 3.05) is 19.6 Å². The highest BCUT2D eigenvalue weighted by Gasteiger charge is 2.32. The van der Waals surface area contributed by atoms with Gasteiger partial charge in [-0.15, -0.1) is 0 Å². The first kappa shape index (κ1) is 12.0. The van der Waals surface area contributed by atoms with Gasteiger partial charge in [0.2, 0.25) is 0 Å². The van der Waals surface area contributed by atoms with Gasteiger partial charge in [-0.1, -0.05) is 13.8 Å². The summed E-state index contributed by atoms with van der Waals surface area (Å²) in [5, 5.41) is 3.51. The lowest BCUT2D eigenvalue weighted by molar-refractivity contribution is 0.0452.